The van der Waals surface area contributed by atoms with E-state index in [0.29, 0.717) is 6.42 Å². The molecule has 12 heteroatoms. The lowest BCUT2D eigenvalue weighted by molar-refractivity contribution is -0.240. The maximum Gasteiger partial charge on any atom is 0.308 e. The second kappa shape index (κ2) is 12.8. The average molecular weight is 665 g/mol. The molecule has 4 aliphatic carbocycles. The summed E-state index contributed by atoms with van der Waals surface area (Å²) in [6.07, 6.45) is -3.12. The molecule has 4 fully saturated rings. The van der Waals surface area contributed by atoms with E-state index >= 15 is 4.79 Å². The summed E-state index contributed by atoms with van der Waals surface area (Å²) < 4.78 is 30.4. The number of aliphatic hydroxyl groups is 1. The topological polar surface area (TPSA) is 169 Å². The molecule has 4 aliphatic rings. The van der Waals surface area contributed by atoms with E-state index in [9.17, 15) is 29.1 Å². The van der Waals surface area contributed by atoms with Crippen LogP contribution in [0.15, 0.2) is 0 Å². The van der Waals surface area contributed by atoms with Crippen LogP contribution >= 0.6 is 0 Å². The summed E-state index contributed by atoms with van der Waals surface area (Å²) in [5.41, 5.74) is -6.58. The molecule has 0 aromatic rings. The zero-order valence-electron chi connectivity index (χ0n) is 29.4. The molecule has 0 aromatic heterocycles. The number of carbonyl (C=O) groups is 6. The molecule has 0 aliphatic heterocycles. The molecule has 1 N–H and O–H groups in total. The van der Waals surface area contributed by atoms with E-state index in [2.05, 4.69) is 0 Å². The minimum Gasteiger partial charge on any atom is -0.465 e. The molecule has 0 bridgehead atoms. The van der Waals surface area contributed by atoms with Gasteiger partial charge in [-0.25, -0.2) is 0 Å². The van der Waals surface area contributed by atoms with Crippen molar-refractivity contribution in [3.63, 3.8) is 0 Å². The number of hydrogen-bond acceptors (Lipinski definition) is 12. The Morgan fingerprint density at radius 2 is 1.57 bits per heavy atom. The summed E-state index contributed by atoms with van der Waals surface area (Å²) in [5, 5.41) is 12.7. The van der Waals surface area contributed by atoms with Crippen molar-refractivity contribution in [1.82, 2.24) is 0 Å². The number of carbonyl (C=O) groups excluding carboxylic acids is 6. The number of fused-ring (bicyclic) bond motifs is 4. The van der Waals surface area contributed by atoms with Gasteiger partial charge in [0, 0.05) is 32.6 Å². The van der Waals surface area contributed by atoms with Gasteiger partial charge in [0.1, 0.15) is 30.5 Å². The summed E-state index contributed by atoms with van der Waals surface area (Å²) in [7, 11) is 0. The largest absolute Gasteiger partial charge is 0.465 e. The molecule has 0 amide bonds. The predicted octanol–water partition coefficient (Wildman–Crippen LogP) is 3.72. The van der Waals surface area contributed by atoms with E-state index in [1.165, 1.54) is 13.8 Å². The zero-order chi connectivity index (χ0) is 35.4. The molecular weight excluding hydrogens is 612 g/mol. The second-order valence-electron chi connectivity index (χ2n) is 15.3. The number of ether oxygens (including phenoxy) is 5. The monoisotopic (exact) mass is 664 g/mol. The van der Waals surface area contributed by atoms with E-state index in [1.807, 2.05) is 20.8 Å². The molecule has 264 valence electrons. The fourth-order valence-corrected chi connectivity index (χ4v) is 9.42. The van der Waals surface area contributed by atoms with Gasteiger partial charge in [-0.1, -0.05) is 48.5 Å². The molecule has 0 saturated heterocycles. The van der Waals surface area contributed by atoms with Crippen LogP contribution in [-0.2, 0) is 52.5 Å². The van der Waals surface area contributed by atoms with Crippen molar-refractivity contribution in [2.75, 3.05) is 6.61 Å². The molecule has 0 radical (unpaired) electrons. The molecule has 0 spiro atoms. The van der Waals surface area contributed by atoms with E-state index in [4.69, 9.17) is 23.7 Å². The summed E-state index contributed by atoms with van der Waals surface area (Å²) in [6, 6.07) is 0. The quantitative estimate of drug-likeness (QED) is 0.266. The minimum atomic E-state index is -2.32. The molecule has 4 rings (SSSR count). The first-order chi connectivity index (χ1) is 21.7. The Bertz CT molecular complexity index is 1310. The Kier molecular flexibility index (Phi) is 10.0. The van der Waals surface area contributed by atoms with Crippen LogP contribution in [0.4, 0.5) is 0 Å². The van der Waals surface area contributed by atoms with E-state index in [0.717, 1.165) is 6.92 Å². The summed E-state index contributed by atoms with van der Waals surface area (Å²) >= 11 is 0. The third-order valence-electron chi connectivity index (χ3n) is 11.4. The van der Waals surface area contributed by atoms with E-state index in [-0.39, 0.29) is 37.5 Å². The molecule has 12 nitrogen and oxygen atoms in total. The summed E-state index contributed by atoms with van der Waals surface area (Å²) in [6.45, 7) is 15.7. The van der Waals surface area contributed by atoms with Gasteiger partial charge in [0.25, 0.3) is 0 Å². The van der Waals surface area contributed by atoms with E-state index in [1.54, 1.807) is 27.7 Å². The standard InChI is InChI=1S/C35H52O12/c1-11-13-24(39)43-16-34-22(44-19(6)36)14-21-25(32(21,8)9)28(34)33(10,47-20(7)37)31(41)35(42)15-18(5)27(45-23(38)12-2)26(35)29(34)46-30(40)17(3)4/h17-18,21-22,25-29,42H,11-16H2,1-10H3. The van der Waals surface area contributed by atoms with Gasteiger partial charge in [-0.05, 0) is 49.4 Å². The van der Waals surface area contributed by atoms with Gasteiger partial charge in [0.15, 0.2) is 5.60 Å². The second-order valence-corrected chi connectivity index (χ2v) is 15.3. The fourth-order valence-electron chi connectivity index (χ4n) is 9.42. The third-order valence-corrected chi connectivity index (χ3v) is 11.4. The van der Waals surface area contributed by atoms with Crippen LogP contribution in [0.1, 0.15) is 101 Å². The van der Waals surface area contributed by atoms with Crippen LogP contribution in [0, 0.1) is 46.3 Å². The zero-order valence-corrected chi connectivity index (χ0v) is 29.4. The van der Waals surface area contributed by atoms with Crippen molar-refractivity contribution in [2.45, 2.75) is 131 Å². The minimum absolute atomic E-state index is 0.000338. The number of Topliss-reactive ketones (excluding diaryl/α,β-unsaturated/α-hetero) is 1. The first-order valence-electron chi connectivity index (χ1n) is 16.9. The summed E-state index contributed by atoms with van der Waals surface area (Å²) in [4.78, 5) is 80.6. The Morgan fingerprint density at radius 3 is 2.11 bits per heavy atom. The van der Waals surface area contributed by atoms with Crippen LogP contribution in [0.3, 0.4) is 0 Å². The van der Waals surface area contributed by atoms with Crippen molar-refractivity contribution in [1.29, 1.82) is 0 Å². The van der Waals surface area contributed by atoms with Gasteiger partial charge in [0.2, 0.25) is 5.78 Å². The lowest BCUT2D eigenvalue weighted by Gasteiger charge is -2.55. The fraction of sp³-hybridized carbons (Fsp3) is 0.829. The number of ketones is 1. The first kappa shape index (κ1) is 36.8. The van der Waals surface area contributed by atoms with Crippen molar-refractivity contribution < 1.29 is 57.6 Å². The normalized spacial score (nSPS) is 39.8. The van der Waals surface area contributed by atoms with Crippen molar-refractivity contribution in [3.05, 3.63) is 0 Å². The lowest BCUT2D eigenvalue weighted by atomic mass is 9.55. The van der Waals surface area contributed by atoms with Crippen LogP contribution in [-0.4, -0.2) is 76.9 Å². The lowest BCUT2D eigenvalue weighted by Crippen LogP contribution is -2.66. The maximum atomic E-state index is 15.1. The third kappa shape index (κ3) is 5.97. The number of esters is 5. The van der Waals surface area contributed by atoms with Gasteiger partial charge in [-0.3, -0.25) is 28.8 Å². The highest BCUT2D eigenvalue weighted by atomic mass is 16.6. The Balaban J connectivity index is 2.16. The molecule has 11 atom stereocenters. The van der Waals surface area contributed by atoms with Crippen LogP contribution in [0.2, 0.25) is 0 Å². The number of rotatable bonds is 10. The SMILES string of the molecule is CCCC(=O)OCC12C(OC(C)=O)CC3C(C1C(C)(OC(C)=O)C(=O)C1(O)CC(C)C(OC(=O)CC)C1C2OC(=O)C(C)C)C3(C)C. The molecular formula is C35H52O12. The van der Waals surface area contributed by atoms with Gasteiger partial charge in [0.05, 0.1) is 17.3 Å². The van der Waals surface area contributed by atoms with E-state index < -0.39 is 106 Å². The van der Waals surface area contributed by atoms with Crippen LogP contribution in [0.25, 0.3) is 0 Å². The molecule has 47 heavy (non-hydrogen) atoms. The predicted molar refractivity (Wildman–Crippen MR) is 165 cm³/mol. The highest BCUT2D eigenvalue weighted by Gasteiger charge is 2.84. The highest BCUT2D eigenvalue weighted by Crippen LogP contribution is 2.76. The highest BCUT2D eigenvalue weighted by molar-refractivity contribution is 5.98. The van der Waals surface area contributed by atoms with Crippen molar-refractivity contribution in [2.24, 2.45) is 46.3 Å². The van der Waals surface area contributed by atoms with Crippen molar-refractivity contribution >= 4 is 35.6 Å². The Morgan fingerprint density at radius 1 is 0.936 bits per heavy atom. The van der Waals surface area contributed by atoms with Crippen LogP contribution in [0.5, 0.6) is 0 Å². The maximum absolute atomic E-state index is 15.1. The van der Waals surface area contributed by atoms with Gasteiger partial charge < -0.3 is 28.8 Å². The Labute approximate surface area is 276 Å². The van der Waals surface area contributed by atoms with Gasteiger partial charge in [-0.2, -0.15) is 0 Å². The molecule has 0 heterocycles. The Hall–Kier alpha value is -3.02. The molecule has 4 saturated carbocycles. The van der Waals surface area contributed by atoms with Gasteiger partial charge >= 0.3 is 29.8 Å². The molecule has 0 aromatic carbocycles. The van der Waals surface area contributed by atoms with Crippen LogP contribution < -0.4 is 0 Å². The van der Waals surface area contributed by atoms with Crippen molar-refractivity contribution in [3.8, 4) is 0 Å². The average Bonchev–Trinajstić information content (AvgIpc) is 3.41. The molecule has 11 unspecified atom stereocenters. The summed E-state index contributed by atoms with van der Waals surface area (Å²) in [5.74, 6) is -8.34. The number of hydrogen-bond donors (Lipinski definition) is 1. The smallest absolute Gasteiger partial charge is 0.308 e. The first-order valence-corrected chi connectivity index (χ1v) is 16.9. The van der Waals surface area contributed by atoms with Gasteiger partial charge in [-0.15, -0.1) is 0 Å².